The van der Waals surface area contributed by atoms with E-state index in [-0.39, 0.29) is 12.5 Å². The largest absolute Gasteiger partial charge is 0.493 e. The van der Waals surface area contributed by atoms with Crippen molar-refractivity contribution in [2.45, 2.75) is 13.0 Å². The van der Waals surface area contributed by atoms with Crippen LogP contribution < -0.4 is 15.4 Å². The van der Waals surface area contributed by atoms with Crippen LogP contribution in [-0.4, -0.2) is 19.1 Å². The van der Waals surface area contributed by atoms with Crippen molar-refractivity contribution in [3.8, 4) is 5.75 Å². The van der Waals surface area contributed by atoms with E-state index in [1.165, 1.54) is 5.56 Å². The number of nitrogens with one attached hydrogen (secondary N) is 2. The van der Waals surface area contributed by atoms with Crippen molar-refractivity contribution in [2.75, 3.05) is 18.5 Å². The predicted octanol–water partition coefficient (Wildman–Crippen LogP) is 4.69. The summed E-state index contributed by atoms with van der Waals surface area (Å²) in [7, 11) is 0. The second-order valence-corrected chi connectivity index (χ2v) is 6.76. The molecule has 0 aromatic heterocycles. The average molecular weight is 395 g/mol. The fourth-order valence-electron chi connectivity index (χ4n) is 2.75. The Morgan fingerprint density at radius 2 is 1.71 bits per heavy atom. The lowest BCUT2D eigenvalue weighted by Crippen LogP contribution is -2.27. The molecule has 0 saturated heterocycles. The molecule has 0 radical (unpaired) electrons. The molecule has 2 N–H and O–H groups in total. The van der Waals surface area contributed by atoms with E-state index in [2.05, 4.69) is 22.8 Å². The van der Waals surface area contributed by atoms with Crippen LogP contribution >= 0.6 is 11.6 Å². The van der Waals surface area contributed by atoms with Gasteiger partial charge in [0.25, 0.3) is 0 Å². The van der Waals surface area contributed by atoms with Gasteiger partial charge in [-0.3, -0.25) is 4.79 Å². The highest BCUT2D eigenvalue weighted by Gasteiger charge is 2.05. The number of halogens is 1. The second kappa shape index (κ2) is 10.5. The number of carbonyl (C=O) groups excluding carboxylic acids is 1. The summed E-state index contributed by atoms with van der Waals surface area (Å²) in [6.07, 6.45) is 0.837. The van der Waals surface area contributed by atoms with Crippen molar-refractivity contribution in [3.05, 3.63) is 95.0 Å². The quantitative estimate of drug-likeness (QED) is 0.553. The molecule has 0 saturated carbocycles. The predicted molar refractivity (Wildman–Crippen MR) is 114 cm³/mol. The van der Waals surface area contributed by atoms with Gasteiger partial charge in [0.1, 0.15) is 5.75 Å². The molecule has 3 rings (SSSR count). The number of amides is 1. The first-order valence-corrected chi connectivity index (χ1v) is 9.59. The van der Waals surface area contributed by atoms with Crippen LogP contribution in [0.1, 0.15) is 11.1 Å². The Hall–Kier alpha value is -2.82. The normalized spacial score (nSPS) is 10.5. The Kier molecular flexibility index (Phi) is 7.47. The van der Waals surface area contributed by atoms with Crippen LogP contribution in [0.4, 0.5) is 5.69 Å². The third-order valence-electron chi connectivity index (χ3n) is 4.18. The summed E-state index contributed by atoms with van der Waals surface area (Å²) in [6.45, 7) is 1.32. The van der Waals surface area contributed by atoms with Crippen molar-refractivity contribution in [3.63, 3.8) is 0 Å². The number of ether oxygens (including phenoxy) is 1. The van der Waals surface area contributed by atoms with E-state index < -0.39 is 0 Å². The molecule has 3 aromatic rings. The van der Waals surface area contributed by atoms with Crippen LogP contribution in [0.25, 0.3) is 0 Å². The highest BCUT2D eigenvalue weighted by atomic mass is 35.5. The summed E-state index contributed by atoms with van der Waals surface area (Å²) in [5.74, 6) is 0.617. The van der Waals surface area contributed by atoms with Gasteiger partial charge in [-0.2, -0.15) is 0 Å². The first kappa shape index (κ1) is 19.9. The number of benzene rings is 3. The standard InChI is InChI=1S/C23H23ClN2O2/c24-22-12-5-4-9-19(22)16-25-17-23(27)26-20-10-6-11-21(15-20)28-14-13-18-7-2-1-3-8-18/h1-12,15,25H,13-14,16-17H2,(H,26,27). The van der Waals surface area contributed by atoms with Crippen molar-refractivity contribution in [1.29, 1.82) is 0 Å². The van der Waals surface area contributed by atoms with E-state index in [1.54, 1.807) is 0 Å². The van der Waals surface area contributed by atoms with Gasteiger partial charge in [-0.25, -0.2) is 0 Å². The van der Waals surface area contributed by atoms with E-state index in [1.807, 2.05) is 66.7 Å². The molecular weight excluding hydrogens is 372 g/mol. The van der Waals surface area contributed by atoms with Crippen LogP contribution in [0.3, 0.4) is 0 Å². The fourth-order valence-corrected chi connectivity index (χ4v) is 2.96. The zero-order chi connectivity index (χ0) is 19.6. The molecule has 3 aromatic carbocycles. The molecule has 0 unspecified atom stereocenters. The van der Waals surface area contributed by atoms with Crippen molar-refractivity contribution in [2.24, 2.45) is 0 Å². The van der Waals surface area contributed by atoms with Gasteiger partial charge in [0.2, 0.25) is 5.91 Å². The van der Waals surface area contributed by atoms with Crippen LogP contribution in [-0.2, 0) is 17.8 Å². The minimum Gasteiger partial charge on any atom is -0.493 e. The second-order valence-electron chi connectivity index (χ2n) is 6.36. The molecule has 0 aliphatic rings. The van der Waals surface area contributed by atoms with Gasteiger partial charge < -0.3 is 15.4 Å². The molecular formula is C23H23ClN2O2. The molecule has 0 heterocycles. The van der Waals surface area contributed by atoms with Crippen LogP contribution in [0.2, 0.25) is 5.02 Å². The maximum Gasteiger partial charge on any atom is 0.238 e. The van der Waals surface area contributed by atoms with Gasteiger partial charge in [0.05, 0.1) is 13.2 Å². The molecule has 0 bridgehead atoms. The summed E-state index contributed by atoms with van der Waals surface area (Å²) < 4.78 is 5.80. The Labute approximate surface area is 170 Å². The topological polar surface area (TPSA) is 50.4 Å². The lowest BCUT2D eigenvalue weighted by molar-refractivity contribution is -0.115. The van der Waals surface area contributed by atoms with Crippen molar-refractivity contribution >= 4 is 23.2 Å². The molecule has 0 aliphatic heterocycles. The Morgan fingerprint density at radius 3 is 2.54 bits per heavy atom. The maximum atomic E-state index is 12.2. The fraction of sp³-hybridized carbons (Fsp3) is 0.174. The lowest BCUT2D eigenvalue weighted by Gasteiger charge is -2.10. The third kappa shape index (κ3) is 6.41. The minimum absolute atomic E-state index is 0.117. The van der Waals surface area contributed by atoms with E-state index in [4.69, 9.17) is 16.3 Å². The summed E-state index contributed by atoms with van der Waals surface area (Å²) in [5, 5.41) is 6.67. The maximum absolute atomic E-state index is 12.2. The molecule has 0 aliphatic carbocycles. The summed E-state index contributed by atoms with van der Waals surface area (Å²) >= 11 is 6.11. The zero-order valence-corrected chi connectivity index (χ0v) is 16.3. The smallest absolute Gasteiger partial charge is 0.238 e. The average Bonchev–Trinajstić information content (AvgIpc) is 2.71. The SMILES string of the molecule is O=C(CNCc1ccccc1Cl)Nc1cccc(OCCc2ccccc2)c1. The summed E-state index contributed by atoms with van der Waals surface area (Å²) in [5.41, 5.74) is 2.91. The molecule has 28 heavy (non-hydrogen) atoms. The monoisotopic (exact) mass is 394 g/mol. The van der Waals surface area contributed by atoms with E-state index in [0.29, 0.717) is 23.9 Å². The van der Waals surface area contributed by atoms with Crippen molar-refractivity contribution < 1.29 is 9.53 Å². The van der Waals surface area contributed by atoms with E-state index in [0.717, 1.165) is 17.7 Å². The van der Waals surface area contributed by atoms with Crippen LogP contribution in [0.15, 0.2) is 78.9 Å². The third-order valence-corrected chi connectivity index (χ3v) is 4.55. The van der Waals surface area contributed by atoms with Gasteiger partial charge in [0, 0.05) is 29.7 Å². The Balaban J connectivity index is 1.43. The number of rotatable bonds is 9. The Morgan fingerprint density at radius 1 is 0.929 bits per heavy atom. The molecule has 0 fully saturated rings. The minimum atomic E-state index is -0.117. The van der Waals surface area contributed by atoms with Crippen LogP contribution in [0.5, 0.6) is 5.75 Å². The molecule has 5 heteroatoms. The highest BCUT2D eigenvalue weighted by molar-refractivity contribution is 6.31. The van der Waals surface area contributed by atoms with Gasteiger partial charge in [-0.05, 0) is 29.3 Å². The summed E-state index contributed by atoms with van der Waals surface area (Å²) in [6, 6.07) is 25.2. The highest BCUT2D eigenvalue weighted by Crippen LogP contribution is 2.18. The number of hydrogen-bond donors (Lipinski definition) is 2. The van der Waals surface area contributed by atoms with Crippen LogP contribution in [0, 0.1) is 0 Å². The van der Waals surface area contributed by atoms with Gasteiger partial charge in [0.15, 0.2) is 0 Å². The first-order chi connectivity index (χ1) is 13.7. The molecule has 0 atom stereocenters. The van der Waals surface area contributed by atoms with Gasteiger partial charge >= 0.3 is 0 Å². The summed E-state index contributed by atoms with van der Waals surface area (Å²) in [4.78, 5) is 12.2. The molecule has 4 nitrogen and oxygen atoms in total. The number of carbonyl (C=O) groups is 1. The number of hydrogen-bond acceptors (Lipinski definition) is 3. The molecule has 0 spiro atoms. The Bertz CT molecular complexity index is 900. The van der Waals surface area contributed by atoms with Crippen molar-refractivity contribution in [1.82, 2.24) is 5.32 Å². The zero-order valence-electron chi connectivity index (χ0n) is 15.5. The first-order valence-electron chi connectivity index (χ1n) is 9.21. The molecule has 144 valence electrons. The van der Waals surface area contributed by atoms with Gasteiger partial charge in [-0.1, -0.05) is 66.2 Å². The number of anilines is 1. The van der Waals surface area contributed by atoms with Gasteiger partial charge in [-0.15, -0.1) is 0 Å². The lowest BCUT2D eigenvalue weighted by atomic mass is 10.2. The van der Waals surface area contributed by atoms with E-state index >= 15 is 0 Å². The van der Waals surface area contributed by atoms with E-state index in [9.17, 15) is 4.79 Å². The molecule has 1 amide bonds.